The summed E-state index contributed by atoms with van der Waals surface area (Å²) in [6.45, 7) is 5.19. The third kappa shape index (κ3) is 12.8. The summed E-state index contributed by atoms with van der Waals surface area (Å²) >= 11 is 0. The van der Waals surface area contributed by atoms with Gasteiger partial charge < -0.3 is 19.0 Å². The predicted octanol–water partition coefficient (Wildman–Crippen LogP) is 3.58. The van der Waals surface area contributed by atoms with Crippen molar-refractivity contribution in [1.29, 1.82) is 0 Å². The van der Waals surface area contributed by atoms with E-state index in [0.717, 1.165) is 19.0 Å². The molecule has 118 valence electrons. The summed E-state index contributed by atoms with van der Waals surface area (Å²) in [7, 11) is 2.68. The van der Waals surface area contributed by atoms with Crippen LogP contribution in [0.15, 0.2) is 0 Å². The van der Waals surface area contributed by atoms with Crippen LogP contribution in [0.5, 0.6) is 0 Å². The number of hydrogen-bond acceptors (Lipinski definition) is 4. The summed E-state index contributed by atoms with van der Waals surface area (Å²) in [5.74, 6) is 0. The molecule has 0 rings (SSSR count). The minimum absolute atomic E-state index is 0.867. The number of rotatable bonds is 11. The molecule has 0 saturated carbocycles. The first kappa shape index (κ1) is 21.4. The Morgan fingerprint density at radius 3 is 1.53 bits per heavy atom. The van der Waals surface area contributed by atoms with E-state index in [1.165, 1.54) is 38.5 Å². The van der Waals surface area contributed by atoms with Crippen LogP contribution in [0.1, 0.15) is 58.8 Å². The highest BCUT2D eigenvalue weighted by Crippen LogP contribution is 2.13. The van der Waals surface area contributed by atoms with Crippen molar-refractivity contribution in [1.82, 2.24) is 0 Å². The standard InChI is InChI=1S/C8H19N.C6H16O3Si/c1-2-3-4-5-6-7-8-9;1-5-6-10(7-2,8-3)9-4/h2-9H2,1H3;5-6H2,1-4H3. The number of unbranched alkanes of at least 4 members (excludes halogenated alkanes) is 5. The Kier molecular flexibility index (Phi) is 18.1. The van der Waals surface area contributed by atoms with Gasteiger partial charge in [-0.2, -0.15) is 0 Å². The summed E-state index contributed by atoms with van der Waals surface area (Å²) in [6, 6.07) is 0.885. The number of nitrogens with two attached hydrogens (primary N) is 1. The molecule has 5 heteroatoms. The number of hydrogen-bond donors (Lipinski definition) is 1. The largest absolute Gasteiger partial charge is 0.500 e. The monoisotopic (exact) mass is 293 g/mol. The van der Waals surface area contributed by atoms with Crippen LogP contribution < -0.4 is 5.73 Å². The molecule has 0 atom stereocenters. The second-order valence-electron chi connectivity index (χ2n) is 4.60. The summed E-state index contributed by atoms with van der Waals surface area (Å²) < 4.78 is 15.5. The van der Waals surface area contributed by atoms with Crippen LogP contribution in [0.3, 0.4) is 0 Å². The highest BCUT2D eigenvalue weighted by Gasteiger charge is 2.36. The maximum atomic E-state index is 5.34. The zero-order valence-electron chi connectivity index (χ0n) is 13.7. The molecule has 0 aliphatic carbocycles. The first-order valence-corrected chi connectivity index (χ1v) is 9.44. The van der Waals surface area contributed by atoms with Crippen LogP contribution in [0.2, 0.25) is 6.04 Å². The Balaban J connectivity index is 0. The molecule has 19 heavy (non-hydrogen) atoms. The van der Waals surface area contributed by atoms with Gasteiger partial charge in [0.2, 0.25) is 0 Å². The van der Waals surface area contributed by atoms with Gasteiger partial charge in [0.05, 0.1) is 0 Å². The van der Waals surface area contributed by atoms with Crippen LogP contribution in [0, 0.1) is 0 Å². The Hall–Kier alpha value is 0.0569. The van der Waals surface area contributed by atoms with Crippen molar-refractivity contribution in [3.05, 3.63) is 0 Å². The lowest BCUT2D eigenvalue weighted by Gasteiger charge is -2.23. The highest BCUT2D eigenvalue weighted by molar-refractivity contribution is 6.60. The summed E-state index contributed by atoms with van der Waals surface area (Å²) in [5, 5.41) is 0. The molecule has 0 aliphatic heterocycles. The zero-order valence-corrected chi connectivity index (χ0v) is 14.7. The molecule has 0 unspecified atom stereocenters. The third-order valence-corrected chi connectivity index (χ3v) is 6.03. The second-order valence-corrected chi connectivity index (χ2v) is 7.69. The average molecular weight is 294 g/mol. The molecule has 0 bridgehead atoms. The third-order valence-electron chi connectivity index (χ3n) is 3.05. The van der Waals surface area contributed by atoms with E-state index in [1.54, 1.807) is 21.3 Å². The molecule has 0 aromatic heterocycles. The molecule has 0 aromatic carbocycles. The molecule has 0 fully saturated rings. The Morgan fingerprint density at radius 1 is 0.737 bits per heavy atom. The van der Waals surface area contributed by atoms with Gasteiger partial charge in [0.15, 0.2) is 0 Å². The van der Waals surface area contributed by atoms with Gasteiger partial charge in [-0.1, -0.05) is 52.4 Å². The first-order valence-electron chi connectivity index (χ1n) is 7.51. The molecular weight excluding hydrogens is 258 g/mol. The summed E-state index contributed by atoms with van der Waals surface area (Å²) in [4.78, 5) is 0. The Labute approximate surface area is 121 Å². The van der Waals surface area contributed by atoms with Gasteiger partial charge in [0, 0.05) is 27.4 Å². The molecule has 0 radical (unpaired) electrons. The quantitative estimate of drug-likeness (QED) is 0.467. The van der Waals surface area contributed by atoms with E-state index in [1.807, 2.05) is 0 Å². The van der Waals surface area contributed by atoms with Crippen molar-refractivity contribution >= 4 is 8.80 Å². The van der Waals surface area contributed by atoms with E-state index in [2.05, 4.69) is 13.8 Å². The Morgan fingerprint density at radius 2 is 1.21 bits per heavy atom. The van der Waals surface area contributed by atoms with Crippen LogP contribution in [-0.4, -0.2) is 36.7 Å². The Bertz CT molecular complexity index is 153. The van der Waals surface area contributed by atoms with Crippen molar-refractivity contribution in [3.63, 3.8) is 0 Å². The topological polar surface area (TPSA) is 53.7 Å². The average Bonchev–Trinajstić information content (AvgIpc) is 2.46. The van der Waals surface area contributed by atoms with E-state index in [4.69, 9.17) is 19.0 Å². The van der Waals surface area contributed by atoms with Crippen LogP contribution in [-0.2, 0) is 13.3 Å². The summed E-state index contributed by atoms with van der Waals surface area (Å²) in [6.07, 6.45) is 9.08. The van der Waals surface area contributed by atoms with Gasteiger partial charge in [-0.3, -0.25) is 0 Å². The molecular formula is C14H35NO3Si. The molecule has 0 amide bonds. The normalized spacial score (nSPS) is 11.1. The van der Waals surface area contributed by atoms with E-state index in [-0.39, 0.29) is 0 Å². The minimum atomic E-state index is -2.22. The molecule has 0 heterocycles. The molecule has 0 saturated heterocycles. The fourth-order valence-corrected chi connectivity index (χ4v) is 3.51. The molecule has 2 N–H and O–H groups in total. The fourth-order valence-electron chi connectivity index (χ4n) is 1.79. The van der Waals surface area contributed by atoms with Gasteiger partial charge in [0.1, 0.15) is 0 Å². The van der Waals surface area contributed by atoms with Gasteiger partial charge in [-0.25, -0.2) is 0 Å². The van der Waals surface area contributed by atoms with Crippen molar-refractivity contribution in [3.8, 4) is 0 Å². The van der Waals surface area contributed by atoms with E-state index in [0.29, 0.717) is 0 Å². The lowest BCUT2D eigenvalue weighted by atomic mass is 10.1. The minimum Gasteiger partial charge on any atom is -0.377 e. The first-order chi connectivity index (χ1) is 9.16. The van der Waals surface area contributed by atoms with Crippen molar-refractivity contribution in [2.45, 2.75) is 64.8 Å². The highest BCUT2D eigenvalue weighted by atomic mass is 28.4. The van der Waals surface area contributed by atoms with E-state index in [9.17, 15) is 0 Å². The lowest BCUT2D eigenvalue weighted by molar-refractivity contribution is 0.123. The molecule has 0 spiro atoms. The maximum absolute atomic E-state index is 5.34. The zero-order chi connectivity index (χ0) is 15.0. The fraction of sp³-hybridized carbons (Fsp3) is 1.00. The molecule has 0 aromatic rings. The molecule has 0 aliphatic rings. The SMILES string of the molecule is CCCCCCCCN.CCC[Si](OC)(OC)OC. The van der Waals surface area contributed by atoms with Gasteiger partial charge >= 0.3 is 8.80 Å². The summed E-state index contributed by atoms with van der Waals surface area (Å²) in [5.41, 5.74) is 5.34. The van der Waals surface area contributed by atoms with E-state index >= 15 is 0 Å². The van der Waals surface area contributed by atoms with Gasteiger partial charge in [0.25, 0.3) is 0 Å². The smallest absolute Gasteiger partial charge is 0.377 e. The second kappa shape index (κ2) is 16.1. The lowest BCUT2D eigenvalue weighted by Crippen LogP contribution is -2.42. The maximum Gasteiger partial charge on any atom is 0.500 e. The van der Waals surface area contributed by atoms with Crippen LogP contribution in [0.25, 0.3) is 0 Å². The predicted molar refractivity (Wildman–Crippen MR) is 84.3 cm³/mol. The van der Waals surface area contributed by atoms with E-state index < -0.39 is 8.80 Å². The van der Waals surface area contributed by atoms with Gasteiger partial charge in [-0.05, 0) is 13.0 Å². The van der Waals surface area contributed by atoms with Crippen LogP contribution in [0.4, 0.5) is 0 Å². The van der Waals surface area contributed by atoms with Gasteiger partial charge in [-0.15, -0.1) is 0 Å². The van der Waals surface area contributed by atoms with Crippen molar-refractivity contribution in [2.75, 3.05) is 27.9 Å². The van der Waals surface area contributed by atoms with Crippen molar-refractivity contribution in [2.24, 2.45) is 5.73 Å². The van der Waals surface area contributed by atoms with Crippen LogP contribution >= 0.6 is 0 Å². The molecule has 4 nitrogen and oxygen atoms in total. The van der Waals surface area contributed by atoms with Crippen molar-refractivity contribution < 1.29 is 13.3 Å².